The SMILES string of the molecule is COC(=O)C1CCN(S(=O)(=O)NCC2CCCN2)CC1. The first-order chi connectivity index (χ1) is 9.53. The summed E-state index contributed by atoms with van der Waals surface area (Å²) in [6, 6.07) is 0.234. The number of hydrogen-bond acceptors (Lipinski definition) is 5. The Morgan fingerprint density at radius 2 is 2.05 bits per heavy atom. The van der Waals surface area contributed by atoms with E-state index in [1.165, 1.54) is 11.4 Å². The van der Waals surface area contributed by atoms with Crippen LogP contribution in [-0.4, -0.2) is 58.0 Å². The highest BCUT2D eigenvalue weighted by molar-refractivity contribution is 7.87. The molecule has 2 rings (SSSR count). The van der Waals surface area contributed by atoms with Crippen molar-refractivity contribution in [2.24, 2.45) is 5.92 Å². The lowest BCUT2D eigenvalue weighted by molar-refractivity contribution is -0.146. The molecule has 0 radical (unpaired) electrons. The summed E-state index contributed by atoms with van der Waals surface area (Å²) in [5.74, 6) is -0.423. The molecular weight excluding hydrogens is 282 g/mol. The quantitative estimate of drug-likeness (QED) is 0.666. The summed E-state index contributed by atoms with van der Waals surface area (Å²) in [7, 11) is -2.07. The fourth-order valence-corrected chi connectivity index (χ4v) is 4.01. The van der Waals surface area contributed by atoms with Gasteiger partial charge in [-0.15, -0.1) is 0 Å². The van der Waals surface area contributed by atoms with Gasteiger partial charge in [-0.25, -0.2) is 4.72 Å². The van der Waals surface area contributed by atoms with E-state index in [1.807, 2.05) is 0 Å². The summed E-state index contributed by atoms with van der Waals surface area (Å²) in [6.45, 7) is 2.12. The normalized spacial score (nSPS) is 25.8. The van der Waals surface area contributed by atoms with E-state index in [9.17, 15) is 13.2 Å². The molecular formula is C12H23N3O4S. The standard InChI is InChI=1S/C12H23N3O4S/c1-19-12(16)10-4-7-15(8-5-10)20(17,18)14-9-11-3-2-6-13-11/h10-11,13-14H,2-9H2,1H3. The predicted molar refractivity (Wildman–Crippen MR) is 74.3 cm³/mol. The molecule has 0 bridgehead atoms. The Labute approximate surface area is 120 Å². The molecule has 0 aromatic heterocycles. The van der Waals surface area contributed by atoms with Gasteiger partial charge in [-0.05, 0) is 32.2 Å². The zero-order valence-corrected chi connectivity index (χ0v) is 12.6. The lowest BCUT2D eigenvalue weighted by atomic mass is 9.99. The number of carbonyl (C=O) groups excluding carboxylic acids is 1. The molecule has 0 aromatic carbocycles. The minimum absolute atomic E-state index is 0.178. The predicted octanol–water partition coefficient (Wildman–Crippen LogP) is -0.542. The van der Waals surface area contributed by atoms with Gasteiger partial charge in [0, 0.05) is 25.7 Å². The van der Waals surface area contributed by atoms with E-state index < -0.39 is 10.2 Å². The third-order valence-corrected chi connectivity index (χ3v) is 5.58. The third kappa shape index (κ3) is 3.91. The fraction of sp³-hybridized carbons (Fsp3) is 0.917. The fourth-order valence-electron chi connectivity index (χ4n) is 2.73. The van der Waals surface area contributed by atoms with Crippen LogP contribution in [0.5, 0.6) is 0 Å². The zero-order valence-electron chi connectivity index (χ0n) is 11.8. The summed E-state index contributed by atoms with van der Waals surface area (Å²) >= 11 is 0. The largest absolute Gasteiger partial charge is 0.469 e. The van der Waals surface area contributed by atoms with Crippen molar-refractivity contribution in [2.75, 3.05) is 33.3 Å². The molecule has 2 N–H and O–H groups in total. The molecule has 116 valence electrons. The van der Waals surface area contributed by atoms with Crippen LogP contribution in [0.15, 0.2) is 0 Å². The number of piperidine rings is 1. The van der Waals surface area contributed by atoms with Crippen LogP contribution in [-0.2, 0) is 19.7 Å². The van der Waals surface area contributed by atoms with Gasteiger partial charge in [0.25, 0.3) is 10.2 Å². The lowest BCUT2D eigenvalue weighted by Gasteiger charge is -2.30. The molecule has 1 unspecified atom stereocenters. The number of rotatable bonds is 5. The average molecular weight is 305 g/mol. The summed E-state index contributed by atoms with van der Waals surface area (Å²) < 4.78 is 33.1. The number of nitrogens with zero attached hydrogens (tertiary/aromatic N) is 1. The van der Waals surface area contributed by atoms with Crippen molar-refractivity contribution in [1.82, 2.24) is 14.3 Å². The lowest BCUT2D eigenvalue weighted by Crippen LogP contribution is -2.48. The van der Waals surface area contributed by atoms with E-state index in [2.05, 4.69) is 10.0 Å². The first-order valence-corrected chi connectivity index (χ1v) is 8.53. The first kappa shape index (κ1) is 15.7. The molecule has 2 aliphatic rings. The molecule has 0 aromatic rings. The monoisotopic (exact) mass is 305 g/mol. The maximum atomic E-state index is 12.2. The minimum atomic E-state index is -3.44. The first-order valence-electron chi connectivity index (χ1n) is 7.09. The van der Waals surface area contributed by atoms with Crippen LogP contribution in [0, 0.1) is 5.92 Å². The van der Waals surface area contributed by atoms with Gasteiger partial charge in [0.1, 0.15) is 0 Å². The molecule has 8 heteroatoms. The zero-order chi connectivity index (χ0) is 14.6. The second kappa shape index (κ2) is 6.84. The number of methoxy groups -OCH3 is 1. The van der Waals surface area contributed by atoms with Crippen LogP contribution in [0.4, 0.5) is 0 Å². The Balaban J connectivity index is 1.80. The van der Waals surface area contributed by atoms with Crippen LogP contribution < -0.4 is 10.0 Å². The molecule has 2 heterocycles. The van der Waals surface area contributed by atoms with Crippen molar-refractivity contribution >= 4 is 16.2 Å². The number of ether oxygens (including phenoxy) is 1. The Hall–Kier alpha value is -0.700. The van der Waals surface area contributed by atoms with Crippen molar-refractivity contribution in [3.63, 3.8) is 0 Å². The van der Waals surface area contributed by atoms with Crippen molar-refractivity contribution < 1.29 is 17.9 Å². The number of hydrogen-bond donors (Lipinski definition) is 2. The van der Waals surface area contributed by atoms with Crippen LogP contribution in [0.2, 0.25) is 0 Å². The van der Waals surface area contributed by atoms with E-state index >= 15 is 0 Å². The highest BCUT2D eigenvalue weighted by Crippen LogP contribution is 2.20. The van der Waals surface area contributed by atoms with Crippen LogP contribution in [0.25, 0.3) is 0 Å². The number of carbonyl (C=O) groups is 1. The van der Waals surface area contributed by atoms with E-state index in [0.717, 1.165) is 19.4 Å². The van der Waals surface area contributed by atoms with Gasteiger partial charge >= 0.3 is 5.97 Å². The second-order valence-corrected chi connectivity index (χ2v) is 7.10. The van der Waals surface area contributed by atoms with Crippen LogP contribution in [0.1, 0.15) is 25.7 Å². The molecule has 20 heavy (non-hydrogen) atoms. The Morgan fingerprint density at radius 3 is 2.60 bits per heavy atom. The third-order valence-electron chi connectivity index (χ3n) is 4.00. The van der Waals surface area contributed by atoms with Crippen molar-refractivity contribution in [1.29, 1.82) is 0 Å². The molecule has 7 nitrogen and oxygen atoms in total. The molecule has 2 saturated heterocycles. The molecule has 0 aliphatic carbocycles. The van der Waals surface area contributed by atoms with Gasteiger partial charge in [0.15, 0.2) is 0 Å². The highest BCUT2D eigenvalue weighted by atomic mass is 32.2. The summed E-state index contributed by atoms with van der Waals surface area (Å²) in [5.41, 5.74) is 0. The molecule has 1 atom stereocenters. The van der Waals surface area contributed by atoms with E-state index in [-0.39, 0.29) is 17.9 Å². The Bertz CT molecular complexity index is 426. The molecule has 2 fully saturated rings. The summed E-state index contributed by atoms with van der Waals surface area (Å²) in [5, 5.41) is 3.26. The van der Waals surface area contributed by atoms with E-state index in [0.29, 0.717) is 32.5 Å². The van der Waals surface area contributed by atoms with Crippen molar-refractivity contribution in [2.45, 2.75) is 31.7 Å². The maximum absolute atomic E-state index is 12.2. The van der Waals surface area contributed by atoms with Gasteiger partial charge in [-0.1, -0.05) is 0 Å². The number of nitrogens with one attached hydrogen (secondary N) is 2. The van der Waals surface area contributed by atoms with E-state index in [4.69, 9.17) is 4.74 Å². The van der Waals surface area contributed by atoms with Gasteiger partial charge in [-0.3, -0.25) is 4.79 Å². The Morgan fingerprint density at radius 1 is 1.35 bits per heavy atom. The average Bonchev–Trinajstić information content (AvgIpc) is 2.98. The van der Waals surface area contributed by atoms with Gasteiger partial charge in [0.05, 0.1) is 13.0 Å². The maximum Gasteiger partial charge on any atom is 0.308 e. The highest BCUT2D eigenvalue weighted by Gasteiger charge is 2.31. The topological polar surface area (TPSA) is 87.7 Å². The summed E-state index contributed by atoms with van der Waals surface area (Å²) in [4.78, 5) is 11.4. The van der Waals surface area contributed by atoms with Gasteiger partial charge in [-0.2, -0.15) is 12.7 Å². The van der Waals surface area contributed by atoms with Crippen LogP contribution >= 0.6 is 0 Å². The molecule has 2 aliphatic heterocycles. The second-order valence-electron chi connectivity index (χ2n) is 5.34. The van der Waals surface area contributed by atoms with Gasteiger partial charge in [0.2, 0.25) is 0 Å². The molecule has 0 saturated carbocycles. The van der Waals surface area contributed by atoms with E-state index in [1.54, 1.807) is 0 Å². The van der Waals surface area contributed by atoms with Crippen molar-refractivity contribution in [3.05, 3.63) is 0 Å². The van der Waals surface area contributed by atoms with Crippen LogP contribution in [0.3, 0.4) is 0 Å². The Kier molecular flexibility index (Phi) is 5.36. The smallest absolute Gasteiger partial charge is 0.308 e. The molecule has 0 spiro atoms. The summed E-state index contributed by atoms with van der Waals surface area (Å²) in [6.07, 6.45) is 3.15. The molecule has 0 amide bonds. The van der Waals surface area contributed by atoms with Gasteiger partial charge < -0.3 is 10.1 Å². The number of esters is 1. The minimum Gasteiger partial charge on any atom is -0.469 e. The van der Waals surface area contributed by atoms with Crippen molar-refractivity contribution in [3.8, 4) is 0 Å².